The van der Waals surface area contributed by atoms with Gasteiger partial charge in [0, 0.05) is 12.6 Å². The second kappa shape index (κ2) is 5.06. The maximum Gasteiger partial charge on any atom is 0.228 e. The molecule has 1 atom stereocenters. The number of carbonyl (C=O) groups excluding carboxylic acids is 1. The number of carbonyl (C=O) groups is 1. The Kier molecular flexibility index (Phi) is 3.65. The van der Waals surface area contributed by atoms with Gasteiger partial charge in [0.2, 0.25) is 5.91 Å². The van der Waals surface area contributed by atoms with Crippen molar-refractivity contribution in [1.82, 2.24) is 4.98 Å². The third-order valence-electron chi connectivity index (χ3n) is 3.04. The van der Waals surface area contributed by atoms with Crippen LogP contribution in [0.3, 0.4) is 0 Å². The fourth-order valence-electron chi connectivity index (χ4n) is 2.16. The Morgan fingerprint density at radius 2 is 2.28 bits per heavy atom. The lowest BCUT2D eigenvalue weighted by atomic mass is 10.2. The van der Waals surface area contributed by atoms with Gasteiger partial charge in [0.05, 0.1) is 17.5 Å². The van der Waals surface area contributed by atoms with Gasteiger partial charge in [-0.25, -0.2) is 13.4 Å². The normalized spacial score (nSPS) is 21.7. The zero-order valence-corrected chi connectivity index (χ0v) is 11.1. The minimum absolute atomic E-state index is 0.0370. The van der Waals surface area contributed by atoms with Gasteiger partial charge in [-0.15, -0.1) is 0 Å². The van der Waals surface area contributed by atoms with Crippen LogP contribution in [0.25, 0.3) is 0 Å². The number of sulfone groups is 1. The zero-order valence-electron chi connectivity index (χ0n) is 10.2. The van der Waals surface area contributed by atoms with E-state index in [0.29, 0.717) is 18.7 Å². The highest BCUT2D eigenvalue weighted by Crippen LogP contribution is 2.23. The molecule has 18 heavy (non-hydrogen) atoms. The number of hydrogen-bond donors (Lipinski definition) is 0. The molecule has 1 amide bonds. The molecule has 0 saturated carbocycles. The third-order valence-corrected chi connectivity index (χ3v) is 4.79. The number of amides is 1. The van der Waals surface area contributed by atoms with Crippen LogP contribution in [0.2, 0.25) is 0 Å². The smallest absolute Gasteiger partial charge is 0.228 e. The maximum atomic E-state index is 12.0. The Labute approximate surface area is 107 Å². The Balaban J connectivity index is 2.30. The molecule has 6 heteroatoms. The summed E-state index contributed by atoms with van der Waals surface area (Å²) in [5.74, 6) is 0.634. The average molecular weight is 268 g/mol. The van der Waals surface area contributed by atoms with Crippen molar-refractivity contribution in [3.8, 4) is 0 Å². The van der Waals surface area contributed by atoms with Crippen LogP contribution in [0.4, 0.5) is 5.82 Å². The van der Waals surface area contributed by atoms with Gasteiger partial charge in [0.15, 0.2) is 9.84 Å². The monoisotopic (exact) mass is 268 g/mol. The van der Waals surface area contributed by atoms with Crippen LogP contribution in [0.5, 0.6) is 0 Å². The van der Waals surface area contributed by atoms with Crippen molar-refractivity contribution in [3.05, 3.63) is 24.4 Å². The SMILES string of the molecule is CCC(=O)N(c1ccccn1)C1CCS(=O)(=O)C1. The van der Waals surface area contributed by atoms with Crippen LogP contribution >= 0.6 is 0 Å². The van der Waals surface area contributed by atoms with Crippen molar-refractivity contribution in [2.75, 3.05) is 16.4 Å². The largest absolute Gasteiger partial charge is 0.293 e. The van der Waals surface area contributed by atoms with Gasteiger partial charge in [0.1, 0.15) is 5.82 Å². The predicted octanol–water partition coefficient (Wildman–Crippen LogP) is 1.01. The molecule has 1 aromatic rings. The van der Waals surface area contributed by atoms with Gasteiger partial charge < -0.3 is 0 Å². The summed E-state index contributed by atoms with van der Waals surface area (Å²) in [6, 6.07) is 5.02. The van der Waals surface area contributed by atoms with Crippen molar-refractivity contribution >= 4 is 21.6 Å². The quantitative estimate of drug-likeness (QED) is 0.820. The maximum absolute atomic E-state index is 12.0. The summed E-state index contributed by atoms with van der Waals surface area (Å²) < 4.78 is 23.1. The van der Waals surface area contributed by atoms with Gasteiger partial charge in [-0.05, 0) is 18.6 Å². The summed E-state index contributed by atoms with van der Waals surface area (Å²) in [6.45, 7) is 1.77. The highest BCUT2D eigenvalue weighted by atomic mass is 32.2. The fourth-order valence-corrected chi connectivity index (χ4v) is 3.86. The van der Waals surface area contributed by atoms with Gasteiger partial charge in [-0.1, -0.05) is 13.0 Å². The van der Waals surface area contributed by atoms with Crippen molar-refractivity contribution in [2.45, 2.75) is 25.8 Å². The lowest BCUT2D eigenvalue weighted by Crippen LogP contribution is -2.41. The van der Waals surface area contributed by atoms with Crippen LogP contribution in [-0.2, 0) is 14.6 Å². The Hall–Kier alpha value is -1.43. The average Bonchev–Trinajstić information content (AvgIpc) is 2.71. The Morgan fingerprint density at radius 3 is 2.78 bits per heavy atom. The zero-order chi connectivity index (χ0) is 13.2. The van der Waals surface area contributed by atoms with Crippen LogP contribution in [0, 0.1) is 0 Å². The molecule has 0 bridgehead atoms. The first-order valence-corrected chi connectivity index (χ1v) is 7.79. The van der Waals surface area contributed by atoms with Crippen LogP contribution in [0.15, 0.2) is 24.4 Å². The molecule has 0 aliphatic carbocycles. The number of anilines is 1. The number of nitrogens with zero attached hydrogens (tertiary/aromatic N) is 2. The first kappa shape index (κ1) is 13.0. The van der Waals surface area contributed by atoms with Gasteiger partial charge in [-0.3, -0.25) is 9.69 Å². The second-order valence-electron chi connectivity index (χ2n) is 4.36. The van der Waals surface area contributed by atoms with Crippen molar-refractivity contribution < 1.29 is 13.2 Å². The lowest BCUT2D eigenvalue weighted by Gasteiger charge is -2.26. The summed E-state index contributed by atoms with van der Waals surface area (Å²) in [5.41, 5.74) is 0. The molecule has 1 saturated heterocycles. The molecule has 2 heterocycles. The molecule has 1 aromatic heterocycles. The first-order valence-electron chi connectivity index (χ1n) is 5.97. The van der Waals surface area contributed by atoms with E-state index in [1.165, 1.54) is 4.90 Å². The van der Waals surface area contributed by atoms with Gasteiger partial charge in [-0.2, -0.15) is 0 Å². The minimum atomic E-state index is -3.01. The van der Waals surface area contributed by atoms with Crippen LogP contribution < -0.4 is 4.90 Å². The van der Waals surface area contributed by atoms with E-state index in [2.05, 4.69) is 4.98 Å². The van der Waals surface area contributed by atoms with Crippen LogP contribution in [-0.4, -0.2) is 36.9 Å². The summed E-state index contributed by atoms with van der Waals surface area (Å²) in [5, 5.41) is 0. The standard InChI is InChI=1S/C12H16N2O3S/c1-2-12(15)14(11-5-3-4-7-13-11)10-6-8-18(16,17)9-10/h3-5,7,10H,2,6,8-9H2,1H3. The van der Waals surface area contributed by atoms with E-state index in [-0.39, 0.29) is 23.5 Å². The van der Waals surface area contributed by atoms with E-state index in [1.54, 1.807) is 31.3 Å². The molecule has 5 nitrogen and oxygen atoms in total. The highest BCUT2D eigenvalue weighted by molar-refractivity contribution is 7.91. The summed E-state index contributed by atoms with van der Waals surface area (Å²) in [7, 11) is -3.01. The number of rotatable bonds is 3. The summed E-state index contributed by atoms with van der Waals surface area (Å²) in [4.78, 5) is 17.7. The van der Waals surface area contributed by atoms with Crippen molar-refractivity contribution in [3.63, 3.8) is 0 Å². The molecule has 0 aromatic carbocycles. The molecular formula is C12H16N2O3S. The number of hydrogen-bond acceptors (Lipinski definition) is 4. The molecule has 2 rings (SSSR count). The van der Waals surface area contributed by atoms with E-state index in [9.17, 15) is 13.2 Å². The third kappa shape index (κ3) is 2.69. The lowest BCUT2D eigenvalue weighted by molar-refractivity contribution is -0.118. The molecule has 1 aliphatic heterocycles. The van der Waals surface area contributed by atoms with Crippen molar-refractivity contribution in [1.29, 1.82) is 0 Å². The number of aromatic nitrogens is 1. The van der Waals surface area contributed by atoms with E-state index in [4.69, 9.17) is 0 Å². The molecule has 0 radical (unpaired) electrons. The Bertz CT molecular complexity index is 528. The second-order valence-corrected chi connectivity index (χ2v) is 6.59. The van der Waals surface area contributed by atoms with Crippen LogP contribution in [0.1, 0.15) is 19.8 Å². The van der Waals surface area contributed by atoms with Gasteiger partial charge in [0.25, 0.3) is 0 Å². The summed E-state index contributed by atoms with van der Waals surface area (Å²) >= 11 is 0. The molecule has 98 valence electrons. The van der Waals surface area contributed by atoms with Crippen molar-refractivity contribution in [2.24, 2.45) is 0 Å². The minimum Gasteiger partial charge on any atom is -0.293 e. The fraction of sp³-hybridized carbons (Fsp3) is 0.500. The topological polar surface area (TPSA) is 67.3 Å². The van der Waals surface area contributed by atoms with E-state index < -0.39 is 9.84 Å². The molecule has 1 fully saturated rings. The van der Waals surface area contributed by atoms with E-state index >= 15 is 0 Å². The number of pyridine rings is 1. The highest BCUT2D eigenvalue weighted by Gasteiger charge is 2.35. The molecule has 1 unspecified atom stereocenters. The predicted molar refractivity (Wildman–Crippen MR) is 69.1 cm³/mol. The Morgan fingerprint density at radius 1 is 1.50 bits per heavy atom. The molecule has 0 N–H and O–H groups in total. The summed E-state index contributed by atoms with van der Waals surface area (Å²) in [6.07, 6.45) is 2.44. The van der Waals surface area contributed by atoms with E-state index in [1.807, 2.05) is 0 Å². The van der Waals surface area contributed by atoms with E-state index in [0.717, 1.165) is 0 Å². The molecule has 1 aliphatic rings. The van der Waals surface area contributed by atoms with Gasteiger partial charge >= 0.3 is 0 Å². The molecular weight excluding hydrogens is 252 g/mol. The molecule has 0 spiro atoms. The first-order chi connectivity index (χ1) is 8.53.